The maximum atomic E-state index is 9.09. The fourth-order valence-electron chi connectivity index (χ4n) is 2.08. The zero-order valence-electron chi connectivity index (χ0n) is 10.8. The summed E-state index contributed by atoms with van der Waals surface area (Å²) in [4.78, 5) is 3.98. The number of hydrogen-bond acceptors (Lipinski definition) is 4. The molecule has 0 aliphatic rings. The van der Waals surface area contributed by atoms with Crippen molar-refractivity contribution >= 4 is 11.0 Å². The van der Waals surface area contributed by atoms with Gasteiger partial charge in [0.05, 0.1) is 18.3 Å². The average Bonchev–Trinajstić information content (AvgIpc) is 3.11. The highest BCUT2D eigenvalue weighted by molar-refractivity contribution is 5.86. The first-order valence-corrected chi connectivity index (χ1v) is 6.38. The Labute approximate surface area is 116 Å². The number of fused-ring (bicyclic) bond motifs is 1. The summed E-state index contributed by atoms with van der Waals surface area (Å²) < 4.78 is 13.2. The number of nitriles is 1. The zero-order chi connectivity index (χ0) is 13.8. The number of hydrogen-bond donors (Lipinski definition) is 0. The number of imidazole rings is 1. The van der Waals surface area contributed by atoms with Crippen molar-refractivity contribution in [3.63, 3.8) is 0 Å². The topological polar surface area (TPSA) is 64.0 Å². The molecule has 0 aliphatic carbocycles. The molecule has 0 amide bonds. The van der Waals surface area contributed by atoms with E-state index in [1.165, 1.54) is 0 Å². The molecule has 2 heterocycles. The number of furan rings is 1. The predicted molar refractivity (Wildman–Crippen MR) is 73.3 cm³/mol. The van der Waals surface area contributed by atoms with Crippen LogP contribution in [0.15, 0.2) is 47.4 Å². The first kappa shape index (κ1) is 12.3. The Morgan fingerprint density at radius 3 is 3.05 bits per heavy atom. The molecule has 0 bridgehead atoms. The van der Waals surface area contributed by atoms with Gasteiger partial charge in [-0.3, -0.25) is 0 Å². The molecule has 1 aromatic carbocycles. The van der Waals surface area contributed by atoms with Gasteiger partial charge in [-0.1, -0.05) is 12.1 Å². The molecule has 0 unspecified atom stereocenters. The van der Waals surface area contributed by atoms with Gasteiger partial charge < -0.3 is 13.7 Å². The van der Waals surface area contributed by atoms with E-state index in [-0.39, 0.29) is 5.76 Å². The molecule has 0 radical (unpaired) electrons. The van der Waals surface area contributed by atoms with E-state index in [0.717, 1.165) is 18.4 Å². The second kappa shape index (κ2) is 5.49. The second-order valence-electron chi connectivity index (χ2n) is 4.37. The van der Waals surface area contributed by atoms with Gasteiger partial charge >= 0.3 is 0 Å². The highest BCUT2D eigenvalue weighted by Gasteiger charge is 2.14. The normalized spacial score (nSPS) is 10.6. The molecule has 3 aromatic rings. The molecule has 2 aromatic heterocycles. The van der Waals surface area contributed by atoms with Crippen LogP contribution in [-0.4, -0.2) is 16.2 Å². The van der Waals surface area contributed by atoms with Crippen molar-refractivity contribution in [1.29, 1.82) is 5.26 Å². The molecule has 0 atom stereocenters. The summed E-state index contributed by atoms with van der Waals surface area (Å²) in [5, 5.41) is 9.93. The molecular formula is C15H13N3O2. The van der Waals surface area contributed by atoms with E-state index < -0.39 is 0 Å². The average molecular weight is 267 g/mol. The van der Waals surface area contributed by atoms with Crippen molar-refractivity contribution in [2.24, 2.45) is 0 Å². The van der Waals surface area contributed by atoms with E-state index in [0.29, 0.717) is 17.9 Å². The Balaban J connectivity index is 1.69. The smallest absolute Gasteiger partial charge is 0.246 e. The fourth-order valence-corrected chi connectivity index (χ4v) is 2.08. The van der Waals surface area contributed by atoms with Crippen LogP contribution in [0.3, 0.4) is 0 Å². The van der Waals surface area contributed by atoms with Crippen molar-refractivity contribution < 1.29 is 9.15 Å². The number of benzene rings is 1. The van der Waals surface area contributed by atoms with E-state index in [1.54, 1.807) is 12.5 Å². The lowest BCUT2D eigenvalue weighted by Gasteiger charge is -2.05. The van der Waals surface area contributed by atoms with Crippen LogP contribution in [0.5, 0.6) is 5.75 Å². The summed E-state index contributed by atoms with van der Waals surface area (Å²) in [6.45, 7) is 1.36. The van der Waals surface area contributed by atoms with Gasteiger partial charge in [0.15, 0.2) is 5.75 Å². The summed E-state index contributed by atoms with van der Waals surface area (Å²) in [7, 11) is 0. The van der Waals surface area contributed by atoms with Crippen molar-refractivity contribution in [1.82, 2.24) is 9.55 Å². The van der Waals surface area contributed by atoms with Gasteiger partial charge in [-0.05, 0) is 18.6 Å². The third-order valence-corrected chi connectivity index (χ3v) is 3.02. The first-order chi connectivity index (χ1) is 9.88. The van der Waals surface area contributed by atoms with Crippen LogP contribution in [0, 0.1) is 11.3 Å². The van der Waals surface area contributed by atoms with Crippen molar-refractivity contribution in [3.05, 3.63) is 48.7 Å². The number of nitrogens with zero attached hydrogens (tertiary/aromatic N) is 3. The minimum atomic E-state index is 0.230. The van der Waals surface area contributed by atoms with E-state index in [4.69, 9.17) is 14.4 Å². The summed E-state index contributed by atoms with van der Waals surface area (Å²) in [5.41, 5.74) is 0.675. The van der Waals surface area contributed by atoms with Gasteiger partial charge in [0.1, 0.15) is 11.7 Å². The number of aryl methyl sites for hydroxylation is 1. The second-order valence-corrected chi connectivity index (χ2v) is 4.37. The maximum Gasteiger partial charge on any atom is 0.246 e. The van der Waals surface area contributed by atoms with E-state index >= 15 is 0 Å². The molecule has 0 N–H and O–H groups in total. The summed E-state index contributed by atoms with van der Waals surface area (Å²) >= 11 is 0. The molecule has 5 heteroatoms. The molecule has 0 aliphatic heterocycles. The summed E-state index contributed by atoms with van der Waals surface area (Å²) in [5.74, 6) is 0.766. The standard InChI is InChI=1S/C15H13N3O2/c16-10-14-15(12-4-1-2-5-13(12)20-14)19-9-3-7-18-8-6-17-11-18/h1-2,4-6,8,11H,3,7,9H2. The van der Waals surface area contributed by atoms with Crippen LogP contribution in [0.25, 0.3) is 11.0 Å². The third-order valence-electron chi connectivity index (χ3n) is 3.02. The minimum Gasteiger partial charge on any atom is -0.488 e. The van der Waals surface area contributed by atoms with E-state index in [1.807, 2.05) is 41.1 Å². The Bertz CT molecular complexity index is 738. The van der Waals surface area contributed by atoms with Crippen LogP contribution in [0.4, 0.5) is 0 Å². The molecule has 20 heavy (non-hydrogen) atoms. The number of aromatic nitrogens is 2. The Morgan fingerprint density at radius 2 is 2.25 bits per heavy atom. The fraction of sp³-hybridized carbons (Fsp3) is 0.200. The molecule has 3 rings (SSSR count). The molecule has 100 valence electrons. The lowest BCUT2D eigenvalue weighted by atomic mass is 10.2. The maximum absolute atomic E-state index is 9.09. The summed E-state index contributed by atoms with van der Waals surface area (Å²) in [6, 6.07) is 9.53. The molecule has 0 spiro atoms. The molecule has 0 saturated heterocycles. The van der Waals surface area contributed by atoms with E-state index in [2.05, 4.69) is 4.98 Å². The van der Waals surface area contributed by atoms with Gasteiger partial charge in [-0.25, -0.2) is 4.98 Å². The highest BCUT2D eigenvalue weighted by Crippen LogP contribution is 2.32. The van der Waals surface area contributed by atoms with Crippen LogP contribution in [0.1, 0.15) is 12.2 Å². The van der Waals surface area contributed by atoms with Crippen LogP contribution in [0.2, 0.25) is 0 Å². The monoisotopic (exact) mass is 267 g/mol. The van der Waals surface area contributed by atoms with Gasteiger partial charge in [-0.2, -0.15) is 5.26 Å². The zero-order valence-corrected chi connectivity index (χ0v) is 10.8. The Hall–Kier alpha value is -2.74. The Morgan fingerprint density at radius 1 is 1.35 bits per heavy atom. The van der Waals surface area contributed by atoms with Gasteiger partial charge in [0.2, 0.25) is 5.76 Å². The highest BCUT2D eigenvalue weighted by atomic mass is 16.5. The number of rotatable bonds is 5. The first-order valence-electron chi connectivity index (χ1n) is 6.38. The van der Waals surface area contributed by atoms with Gasteiger partial charge in [0, 0.05) is 18.9 Å². The predicted octanol–water partition coefficient (Wildman–Crippen LogP) is 2.97. The lowest BCUT2D eigenvalue weighted by molar-refractivity contribution is 0.299. The van der Waals surface area contributed by atoms with Crippen LogP contribution in [-0.2, 0) is 6.54 Å². The molecular weight excluding hydrogens is 254 g/mol. The van der Waals surface area contributed by atoms with E-state index in [9.17, 15) is 0 Å². The minimum absolute atomic E-state index is 0.230. The van der Waals surface area contributed by atoms with Gasteiger partial charge in [-0.15, -0.1) is 0 Å². The summed E-state index contributed by atoms with van der Waals surface area (Å²) in [6.07, 6.45) is 6.26. The van der Waals surface area contributed by atoms with Crippen molar-refractivity contribution in [2.45, 2.75) is 13.0 Å². The van der Waals surface area contributed by atoms with Crippen molar-refractivity contribution in [3.8, 4) is 11.8 Å². The molecule has 0 fully saturated rings. The van der Waals surface area contributed by atoms with Gasteiger partial charge in [0.25, 0.3) is 0 Å². The van der Waals surface area contributed by atoms with Crippen molar-refractivity contribution in [2.75, 3.05) is 6.61 Å². The largest absolute Gasteiger partial charge is 0.488 e. The number of ether oxygens (including phenoxy) is 1. The lowest BCUT2D eigenvalue weighted by Crippen LogP contribution is -2.03. The van der Waals surface area contributed by atoms with Crippen LogP contribution < -0.4 is 4.74 Å². The molecule has 5 nitrogen and oxygen atoms in total. The SMILES string of the molecule is N#Cc1oc2ccccc2c1OCCCn1ccnc1. The Kier molecular flexibility index (Phi) is 3.38. The molecule has 0 saturated carbocycles. The quantitative estimate of drug-likeness (QED) is 0.667. The number of para-hydroxylation sites is 1. The van der Waals surface area contributed by atoms with Crippen LogP contribution >= 0.6 is 0 Å². The third kappa shape index (κ3) is 2.36.